The second-order valence-corrected chi connectivity index (χ2v) is 9.69. The van der Waals surface area contributed by atoms with Crippen molar-refractivity contribution in [2.45, 2.75) is 13.3 Å². The number of furan rings is 1. The fraction of sp³-hybridized carbons (Fsp3) is 0.222. The van der Waals surface area contributed by atoms with Crippen molar-refractivity contribution in [3.8, 4) is 11.3 Å². The Balaban J connectivity index is 1.26. The average Bonchev–Trinajstić information content (AvgIpc) is 3.36. The summed E-state index contributed by atoms with van der Waals surface area (Å²) in [6, 6.07) is 16.5. The number of nitrogens with one attached hydrogen (secondary N) is 2. The number of rotatable bonds is 6. The van der Waals surface area contributed by atoms with Crippen molar-refractivity contribution in [1.82, 2.24) is 10.2 Å². The van der Waals surface area contributed by atoms with Crippen LogP contribution in [0.1, 0.15) is 19.1 Å². The third-order valence-corrected chi connectivity index (χ3v) is 6.48. The van der Waals surface area contributed by atoms with Gasteiger partial charge in [0.2, 0.25) is 11.8 Å². The summed E-state index contributed by atoms with van der Waals surface area (Å²) in [4.78, 5) is 28.3. The molecule has 4 rings (SSSR count). The molecule has 192 valence electrons. The number of hydrogen-bond acceptors (Lipinski definition) is 5. The Bertz CT molecular complexity index is 1300. The van der Waals surface area contributed by atoms with E-state index in [1.807, 2.05) is 36.1 Å². The minimum absolute atomic E-state index is 0.183. The first-order valence-electron chi connectivity index (χ1n) is 11.8. The van der Waals surface area contributed by atoms with Gasteiger partial charge in [-0.3, -0.25) is 14.9 Å². The quantitative estimate of drug-likeness (QED) is 0.293. The molecule has 1 aliphatic rings. The van der Waals surface area contributed by atoms with Crippen LogP contribution in [0.3, 0.4) is 0 Å². The molecule has 37 heavy (non-hydrogen) atoms. The number of amides is 2. The molecule has 2 heterocycles. The van der Waals surface area contributed by atoms with Crippen LogP contribution in [0.4, 0.5) is 11.4 Å². The number of carbonyl (C=O) groups excluding carboxylic acids is 2. The van der Waals surface area contributed by atoms with E-state index in [0.29, 0.717) is 28.0 Å². The first-order chi connectivity index (χ1) is 17.8. The molecular formula is C27H26Cl2N4O3S. The van der Waals surface area contributed by atoms with Gasteiger partial charge in [0.25, 0.3) is 0 Å². The summed E-state index contributed by atoms with van der Waals surface area (Å²) in [6.45, 7) is 4.93. The Hall–Kier alpha value is -3.33. The van der Waals surface area contributed by atoms with E-state index in [0.717, 1.165) is 43.1 Å². The summed E-state index contributed by atoms with van der Waals surface area (Å²) in [5, 5.41) is 6.83. The van der Waals surface area contributed by atoms with Gasteiger partial charge >= 0.3 is 0 Å². The highest BCUT2D eigenvalue weighted by molar-refractivity contribution is 7.80. The van der Waals surface area contributed by atoms with E-state index < -0.39 is 5.91 Å². The van der Waals surface area contributed by atoms with Crippen LogP contribution in [0.25, 0.3) is 17.4 Å². The number of anilines is 2. The molecule has 1 saturated heterocycles. The Morgan fingerprint density at radius 2 is 1.68 bits per heavy atom. The van der Waals surface area contributed by atoms with Gasteiger partial charge in [-0.1, -0.05) is 30.1 Å². The molecule has 2 amide bonds. The molecule has 1 fully saturated rings. The zero-order chi connectivity index (χ0) is 26.4. The maximum absolute atomic E-state index is 12.3. The maximum atomic E-state index is 12.3. The Labute approximate surface area is 231 Å². The van der Waals surface area contributed by atoms with E-state index >= 15 is 0 Å². The molecule has 0 bridgehead atoms. The summed E-state index contributed by atoms with van der Waals surface area (Å²) in [5.41, 5.74) is 2.57. The lowest BCUT2D eigenvalue weighted by atomic mass is 10.2. The number of nitrogens with zero attached hydrogens (tertiary/aromatic N) is 2. The van der Waals surface area contributed by atoms with Crippen LogP contribution >= 0.6 is 35.4 Å². The van der Waals surface area contributed by atoms with Crippen LogP contribution in [0.2, 0.25) is 10.0 Å². The van der Waals surface area contributed by atoms with Crippen LogP contribution in [-0.2, 0) is 9.59 Å². The smallest absolute Gasteiger partial charge is 0.250 e. The molecule has 0 unspecified atom stereocenters. The first-order valence-corrected chi connectivity index (χ1v) is 13.0. The van der Waals surface area contributed by atoms with E-state index in [2.05, 4.69) is 15.5 Å². The third kappa shape index (κ3) is 7.35. The van der Waals surface area contributed by atoms with E-state index in [9.17, 15) is 9.59 Å². The second kappa shape index (κ2) is 12.3. The number of hydrogen-bond donors (Lipinski definition) is 2. The number of thiocarbonyl (C=S) groups is 1. The normalized spacial score (nSPS) is 13.6. The van der Waals surface area contributed by atoms with E-state index in [4.69, 9.17) is 39.8 Å². The molecule has 1 aromatic heterocycles. The fourth-order valence-corrected chi connectivity index (χ4v) is 4.71. The van der Waals surface area contributed by atoms with Gasteiger partial charge in [-0.2, -0.15) is 0 Å². The van der Waals surface area contributed by atoms with Crippen molar-refractivity contribution in [1.29, 1.82) is 0 Å². The van der Waals surface area contributed by atoms with E-state index in [-0.39, 0.29) is 11.0 Å². The highest BCUT2D eigenvalue weighted by Gasteiger charge is 2.20. The van der Waals surface area contributed by atoms with Gasteiger partial charge in [0, 0.05) is 65.7 Å². The topological polar surface area (TPSA) is 77.8 Å². The molecular weight excluding hydrogens is 531 g/mol. The van der Waals surface area contributed by atoms with Crippen molar-refractivity contribution < 1.29 is 14.0 Å². The van der Waals surface area contributed by atoms with Gasteiger partial charge in [0.1, 0.15) is 11.5 Å². The summed E-state index contributed by atoms with van der Waals surface area (Å²) in [5.74, 6) is 0.885. The predicted molar refractivity (Wildman–Crippen MR) is 153 cm³/mol. The molecule has 0 atom stereocenters. The molecule has 7 nitrogen and oxygen atoms in total. The number of halogens is 2. The lowest BCUT2D eigenvalue weighted by Crippen LogP contribution is -2.48. The van der Waals surface area contributed by atoms with Gasteiger partial charge < -0.3 is 19.5 Å². The van der Waals surface area contributed by atoms with Gasteiger partial charge in [-0.15, -0.1) is 0 Å². The monoisotopic (exact) mass is 556 g/mol. The molecule has 1 aliphatic heterocycles. The third-order valence-electron chi connectivity index (χ3n) is 5.83. The van der Waals surface area contributed by atoms with Gasteiger partial charge in [-0.25, -0.2) is 0 Å². The maximum Gasteiger partial charge on any atom is 0.250 e. The van der Waals surface area contributed by atoms with Crippen LogP contribution in [0.15, 0.2) is 65.1 Å². The summed E-state index contributed by atoms with van der Waals surface area (Å²) >= 11 is 17.4. The Kier molecular flexibility index (Phi) is 8.87. The van der Waals surface area contributed by atoms with Crippen LogP contribution in [-0.4, -0.2) is 48.0 Å². The van der Waals surface area contributed by atoms with Crippen molar-refractivity contribution in [2.24, 2.45) is 0 Å². The fourth-order valence-electron chi connectivity index (χ4n) is 3.96. The Morgan fingerprint density at radius 1 is 1.00 bits per heavy atom. The van der Waals surface area contributed by atoms with Crippen molar-refractivity contribution in [2.75, 3.05) is 36.4 Å². The second-order valence-electron chi connectivity index (χ2n) is 8.41. The zero-order valence-corrected chi connectivity index (χ0v) is 22.5. The summed E-state index contributed by atoms with van der Waals surface area (Å²) < 4.78 is 5.76. The van der Waals surface area contributed by atoms with Crippen molar-refractivity contribution >= 4 is 69.8 Å². The highest BCUT2D eigenvalue weighted by atomic mass is 35.5. The lowest BCUT2D eigenvalue weighted by molar-refractivity contribution is -0.131. The molecule has 10 heteroatoms. The predicted octanol–water partition coefficient (Wildman–Crippen LogP) is 5.84. The molecule has 3 aromatic rings. The molecule has 2 aromatic carbocycles. The van der Waals surface area contributed by atoms with Crippen LogP contribution in [0, 0.1) is 0 Å². The zero-order valence-electron chi connectivity index (χ0n) is 20.2. The van der Waals surface area contributed by atoms with E-state index in [1.54, 1.807) is 36.4 Å². The standard InChI is InChI=1S/C27H26Cl2N4O3S/c1-2-26(35)33-13-11-32(12-14-33)22-5-3-21(4-6-22)30-27(37)31-25(34)10-8-23-7-9-24(36-23)18-15-19(28)17-20(29)16-18/h3-10,15-17H,2,11-14H2,1H3,(H2,30,31,34,37)/b10-8+. The molecule has 2 N–H and O–H groups in total. The number of carbonyl (C=O) groups is 2. The number of benzene rings is 2. The highest BCUT2D eigenvalue weighted by Crippen LogP contribution is 2.29. The molecule has 0 radical (unpaired) electrons. The molecule has 0 saturated carbocycles. The van der Waals surface area contributed by atoms with Gasteiger partial charge in [-0.05, 0) is 72.9 Å². The molecule has 0 spiro atoms. The van der Waals surface area contributed by atoms with Crippen molar-refractivity contribution in [3.05, 3.63) is 76.5 Å². The first kappa shape index (κ1) is 26.7. The SMILES string of the molecule is CCC(=O)N1CCN(c2ccc(NC(=S)NC(=O)/C=C/c3ccc(-c4cc(Cl)cc(Cl)c4)o3)cc2)CC1. The van der Waals surface area contributed by atoms with E-state index in [1.165, 1.54) is 6.08 Å². The largest absolute Gasteiger partial charge is 0.457 e. The molecule has 0 aliphatic carbocycles. The summed E-state index contributed by atoms with van der Waals surface area (Å²) in [7, 11) is 0. The van der Waals surface area contributed by atoms with Crippen LogP contribution in [0.5, 0.6) is 0 Å². The number of piperazine rings is 1. The lowest BCUT2D eigenvalue weighted by Gasteiger charge is -2.36. The van der Waals surface area contributed by atoms with Crippen molar-refractivity contribution in [3.63, 3.8) is 0 Å². The van der Waals surface area contributed by atoms with Gasteiger partial charge in [0.15, 0.2) is 5.11 Å². The summed E-state index contributed by atoms with van der Waals surface area (Å²) in [6.07, 6.45) is 3.43. The minimum Gasteiger partial charge on any atom is -0.457 e. The minimum atomic E-state index is -0.391. The Morgan fingerprint density at radius 3 is 2.32 bits per heavy atom. The average molecular weight is 558 g/mol. The van der Waals surface area contributed by atoms with Crippen LogP contribution < -0.4 is 15.5 Å². The van der Waals surface area contributed by atoms with Gasteiger partial charge in [0.05, 0.1) is 0 Å².